The predicted molar refractivity (Wildman–Crippen MR) is 117 cm³/mol. The molecule has 4 aliphatic rings. The van der Waals surface area contributed by atoms with Crippen LogP contribution in [0, 0.1) is 11.8 Å². The highest BCUT2D eigenvalue weighted by Gasteiger charge is 2.72. The van der Waals surface area contributed by atoms with Gasteiger partial charge in [0.25, 0.3) is 0 Å². The van der Waals surface area contributed by atoms with Gasteiger partial charge in [0.1, 0.15) is 5.75 Å². The minimum Gasteiger partial charge on any atom is -0.504 e. The van der Waals surface area contributed by atoms with Crippen LogP contribution in [-0.4, -0.2) is 63.8 Å². The number of fused-ring (bicyclic) bond motifs is 2. The van der Waals surface area contributed by atoms with Gasteiger partial charge < -0.3 is 29.0 Å². The third-order valence-corrected chi connectivity index (χ3v) is 7.93. The van der Waals surface area contributed by atoms with E-state index >= 15 is 0 Å². The van der Waals surface area contributed by atoms with E-state index in [9.17, 15) is 4.79 Å². The Bertz CT molecular complexity index is 935. The number of hydrogen-bond acceptors (Lipinski definition) is 8. The van der Waals surface area contributed by atoms with E-state index in [-0.39, 0.29) is 24.7 Å². The number of nitrogens with one attached hydrogen (secondary N) is 1. The molecule has 1 N–H and O–H groups in total. The first-order valence-corrected chi connectivity index (χ1v) is 11.3. The van der Waals surface area contributed by atoms with Crippen LogP contribution in [0.4, 0.5) is 5.69 Å². The fourth-order valence-corrected chi connectivity index (χ4v) is 6.53. The number of anilines is 1. The van der Waals surface area contributed by atoms with E-state index in [1.807, 2.05) is 12.1 Å². The molecule has 1 unspecified atom stereocenters. The minimum atomic E-state index is -0.743. The van der Waals surface area contributed by atoms with Crippen LogP contribution in [0.15, 0.2) is 30.0 Å². The fraction of sp³-hybridized carbons (Fsp3) is 0.625. The van der Waals surface area contributed by atoms with Gasteiger partial charge in [0, 0.05) is 18.8 Å². The summed E-state index contributed by atoms with van der Waals surface area (Å²) in [6.45, 7) is 4.16. The molecular weight excluding hydrogens is 412 g/mol. The lowest BCUT2D eigenvalue weighted by atomic mass is 9.67. The molecule has 8 nitrogen and oxygen atoms in total. The average Bonchev–Trinajstić information content (AvgIpc) is 3.34. The van der Waals surface area contributed by atoms with Crippen molar-refractivity contribution in [2.24, 2.45) is 11.8 Å². The van der Waals surface area contributed by atoms with Gasteiger partial charge in [-0.2, -0.15) is 0 Å². The summed E-state index contributed by atoms with van der Waals surface area (Å²) in [6.07, 6.45) is 4.05. The van der Waals surface area contributed by atoms with E-state index in [1.165, 1.54) is 7.11 Å². The van der Waals surface area contributed by atoms with Crippen molar-refractivity contribution in [1.29, 1.82) is 0 Å². The minimum absolute atomic E-state index is 0.00423. The molecule has 0 bridgehead atoms. The Balaban J connectivity index is 1.58. The van der Waals surface area contributed by atoms with Crippen molar-refractivity contribution in [2.75, 3.05) is 46.5 Å². The quantitative estimate of drug-likeness (QED) is 0.422. The van der Waals surface area contributed by atoms with E-state index in [4.69, 9.17) is 23.7 Å². The first-order valence-electron chi connectivity index (χ1n) is 11.3. The molecular formula is C24H32N2O6. The molecule has 4 heterocycles. The number of ether oxygens (including phenoxy) is 5. The Kier molecular flexibility index (Phi) is 5.34. The summed E-state index contributed by atoms with van der Waals surface area (Å²) in [4.78, 5) is 15.2. The number of carbonyl (C=O) groups excluding carboxylic acids is 1. The van der Waals surface area contributed by atoms with Crippen molar-refractivity contribution in [3.63, 3.8) is 0 Å². The van der Waals surface area contributed by atoms with Crippen LogP contribution in [0.25, 0.3) is 0 Å². The first-order chi connectivity index (χ1) is 15.5. The van der Waals surface area contributed by atoms with Crippen molar-refractivity contribution in [1.82, 2.24) is 4.90 Å². The van der Waals surface area contributed by atoms with Crippen molar-refractivity contribution >= 4 is 11.7 Å². The zero-order valence-corrected chi connectivity index (χ0v) is 19.2. The van der Waals surface area contributed by atoms with Crippen LogP contribution in [0.1, 0.15) is 31.7 Å². The van der Waals surface area contributed by atoms with Gasteiger partial charge in [-0.1, -0.05) is 19.4 Å². The summed E-state index contributed by atoms with van der Waals surface area (Å²) in [5, 5.41) is 3.71. The first kappa shape index (κ1) is 21.6. The summed E-state index contributed by atoms with van der Waals surface area (Å²) in [6, 6.07) is 6.03. The monoisotopic (exact) mass is 444 g/mol. The van der Waals surface area contributed by atoms with Crippen molar-refractivity contribution in [3.05, 3.63) is 35.6 Å². The molecule has 0 aromatic heterocycles. The molecule has 174 valence electrons. The number of methoxy groups -OCH3 is 3. The number of nitrogens with zero attached hydrogens (tertiary/aromatic N) is 1. The second-order valence-electron chi connectivity index (χ2n) is 9.05. The number of hydrogen-bond donors (Lipinski definition) is 1. The van der Waals surface area contributed by atoms with E-state index in [2.05, 4.69) is 23.2 Å². The molecule has 3 fully saturated rings. The van der Waals surface area contributed by atoms with Gasteiger partial charge in [0.2, 0.25) is 0 Å². The Labute approximate surface area is 188 Å². The van der Waals surface area contributed by atoms with Crippen LogP contribution in [-0.2, 0) is 29.3 Å². The van der Waals surface area contributed by atoms with Gasteiger partial charge in [-0.25, -0.2) is 4.79 Å². The highest BCUT2D eigenvalue weighted by Crippen LogP contribution is 2.62. The average molecular weight is 445 g/mol. The molecule has 0 saturated carbocycles. The van der Waals surface area contributed by atoms with Gasteiger partial charge in [0.05, 0.1) is 44.8 Å². The summed E-state index contributed by atoms with van der Waals surface area (Å²) >= 11 is 0. The maximum absolute atomic E-state index is 12.7. The second-order valence-corrected chi connectivity index (χ2v) is 9.05. The molecule has 0 spiro atoms. The maximum atomic E-state index is 12.7. The molecule has 8 heteroatoms. The van der Waals surface area contributed by atoms with Crippen LogP contribution >= 0.6 is 0 Å². The molecule has 5 rings (SSSR count). The van der Waals surface area contributed by atoms with Crippen LogP contribution < -0.4 is 10.1 Å². The molecule has 1 aromatic rings. The molecule has 0 aliphatic carbocycles. The number of benzene rings is 1. The molecule has 3 saturated heterocycles. The Morgan fingerprint density at radius 3 is 2.88 bits per heavy atom. The standard InChI is InChI=1S/C24H32N2O6/c1-5-15-12-26-10-9-23-21-18(7-6-8-19(21)29-3)25-24(23,32-14-31-23)20(26)11-16(15)17(13-28-2)22(27)30-4/h6-8,13,15-16,20,25H,5,9-12,14H2,1-4H3/b17-13+/t15?,16-,20-,23-,24-/m0/s1. The van der Waals surface area contributed by atoms with Crippen molar-refractivity contribution in [2.45, 2.75) is 43.6 Å². The van der Waals surface area contributed by atoms with E-state index in [0.29, 0.717) is 11.5 Å². The predicted octanol–water partition coefficient (Wildman–Crippen LogP) is 2.84. The molecule has 32 heavy (non-hydrogen) atoms. The van der Waals surface area contributed by atoms with Crippen molar-refractivity contribution in [3.8, 4) is 5.75 Å². The van der Waals surface area contributed by atoms with Gasteiger partial charge in [-0.05, 0) is 36.8 Å². The lowest BCUT2D eigenvalue weighted by Crippen LogP contribution is -2.71. The highest BCUT2D eigenvalue weighted by molar-refractivity contribution is 5.88. The van der Waals surface area contributed by atoms with Crippen LogP contribution in [0.3, 0.4) is 0 Å². The molecule has 1 aromatic carbocycles. The third-order valence-electron chi connectivity index (χ3n) is 7.93. The van der Waals surface area contributed by atoms with Gasteiger partial charge in [0.15, 0.2) is 18.1 Å². The highest BCUT2D eigenvalue weighted by atomic mass is 16.7. The summed E-state index contributed by atoms with van der Waals surface area (Å²) in [5.74, 6) is 0.784. The molecule has 0 radical (unpaired) electrons. The fourth-order valence-electron chi connectivity index (χ4n) is 6.53. The van der Waals surface area contributed by atoms with E-state index in [0.717, 1.165) is 49.4 Å². The number of piperidine rings is 2. The topological polar surface area (TPSA) is 78.5 Å². The third kappa shape index (κ3) is 2.75. The molecule has 4 aliphatic heterocycles. The number of esters is 1. The Morgan fingerprint density at radius 1 is 1.31 bits per heavy atom. The smallest absolute Gasteiger partial charge is 0.337 e. The lowest BCUT2D eigenvalue weighted by molar-refractivity contribution is -0.150. The summed E-state index contributed by atoms with van der Waals surface area (Å²) < 4.78 is 29.0. The zero-order chi connectivity index (χ0) is 22.5. The molecule has 0 amide bonds. The number of rotatable bonds is 5. The van der Waals surface area contributed by atoms with E-state index < -0.39 is 11.3 Å². The molecule has 5 atom stereocenters. The van der Waals surface area contributed by atoms with Gasteiger partial charge >= 0.3 is 5.97 Å². The normalized spacial score (nSPS) is 35.8. The van der Waals surface area contributed by atoms with Crippen molar-refractivity contribution < 1.29 is 28.5 Å². The van der Waals surface area contributed by atoms with Gasteiger partial charge in [-0.3, -0.25) is 4.90 Å². The summed E-state index contributed by atoms with van der Waals surface area (Å²) in [5.41, 5.74) is 1.24. The van der Waals surface area contributed by atoms with E-state index in [1.54, 1.807) is 20.5 Å². The second kappa shape index (κ2) is 7.93. The maximum Gasteiger partial charge on any atom is 0.337 e. The zero-order valence-electron chi connectivity index (χ0n) is 19.2. The largest absolute Gasteiger partial charge is 0.504 e. The SMILES string of the molecule is CCC1CN2CC[C@@]34OCO[C@@]3(Nc3cccc(OC)c34)[C@@H]2C[C@@H]1/C(=C\OC)C(=O)OC. The van der Waals surface area contributed by atoms with Crippen LogP contribution in [0.5, 0.6) is 5.75 Å². The van der Waals surface area contributed by atoms with Crippen LogP contribution in [0.2, 0.25) is 0 Å². The summed E-state index contributed by atoms with van der Waals surface area (Å²) in [7, 11) is 4.68. The Morgan fingerprint density at radius 2 is 2.16 bits per heavy atom. The lowest BCUT2D eigenvalue weighted by Gasteiger charge is -2.56. The van der Waals surface area contributed by atoms with Gasteiger partial charge in [-0.15, -0.1) is 0 Å². The Hall–Kier alpha value is -2.29. The number of carbonyl (C=O) groups is 1.